The maximum atomic E-state index is 4.42. The van der Waals surface area contributed by atoms with E-state index in [1.54, 1.807) is 0 Å². The molecule has 0 saturated heterocycles. The second-order valence-corrected chi connectivity index (χ2v) is 7.84. The average molecular weight is 374 g/mol. The quantitative estimate of drug-likeness (QED) is 0.361. The van der Waals surface area contributed by atoms with Crippen LogP contribution in [0.4, 0.5) is 0 Å². The van der Waals surface area contributed by atoms with Crippen LogP contribution in [0.1, 0.15) is 40.0 Å². The van der Waals surface area contributed by atoms with E-state index in [0.717, 1.165) is 12.8 Å². The maximum absolute atomic E-state index is 4.42. The lowest BCUT2D eigenvalue weighted by Crippen LogP contribution is -2.50. The fraction of sp³-hybridized carbons (Fsp3) is 0.625. The molecule has 1 saturated carbocycles. The van der Waals surface area contributed by atoms with Gasteiger partial charge in [0.05, 0.1) is 0 Å². The molecule has 0 unspecified atom stereocenters. The summed E-state index contributed by atoms with van der Waals surface area (Å²) in [5, 5.41) is 0. The summed E-state index contributed by atoms with van der Waals surface area (Å²) in [6.07, 6.45) is 8.14. The fourth-order valence-electron chi connectivity index (χ4n) is 3.77. The van der Waals surface area contributed by atoms with Crippen LogP contribution < -0.4 is 0 Å². The molecule has 100 valence electrons. The molecule has 2 aliphatic rings. The van der Waals surface area contributed by atoms with Gasteiger partial charge >= 0.3 is 0 Å². The van der Waals surface area contributed by atoms with Gasteiger partial charge in [-0.25, -0.2) is 0 Å². The summed E-state index contributed by atoms with van der Waals surface area (Å²) in [7, 11) is 0. The summed E-state index contributed by atoms with van der Waals surface area (Å²) >= 11 is 7.39. The van der Waals surface area contributed by atoms with Gasteiger partial charge in [0.25, 0.3) is 0 Å². The van der Waals surface area contributed by atoms with Crippen LogP contribution in [0.2, 0.25) is 0 Å². The van der Waals surface area contributed by atoms with Gasteiger partial charge in [0.1, 0.15) is 0 Å². The summed E-state index contributed by atoms with van der Waals surface area (Å²) in [5.41, 5.74) is 3.18. The van der Waals surface area contributed by atoms with Gasteiger partial charge in [-0.1, -0.05) is 76.9 Å². The summed E-state index contributed by atoms with van der Waals surface area (Å²) in [6, 6.07) is 0. The first-order chi connectivity index (χ1) is 8.35. The highest BCUT2D eigenvalue weighted by Crippen LogP contribution is 2.61. The second-order valence-electron chi connectivity index (χ2n) is 6.40. The maximum Gasteiger partial charge on any atom is 0.0237 e. The van der Waals surface area contributed by atoms with Gasteiger partial charge in [-0.3, -0.25) is 0 Å². The van der Waals surface area contributed by atoms with E-state index < -0.39 is 0 Å². The van der Waals surface area contributed by atoms with E-state index in [1.165, 1.54) is 17.6 Å². The molecule has 2 aliphatic carbocycles. The number of alkyl halides is 1. The minimum Gasteiger partial charge on any atom is -0.0990 e. The number of halogens is 2. The van der Waals surface area contributed by atoms with Crippen molar-refractivity contribution in [2.24, 2.45) is 16.7 Å². The van der Waals surface area contributed by atoms with Gasteiger partial charge in [-0.05, 0) is 41.2 Å². The molecule has 0 amide bonds. The molecule has 0 bridgehead atoms. The van der Waals surface area contributed by atoms with Crippen LogP contribution in [0.25, 0.3) is 0 Å². The predicted molar refractivity (Wildman–Crippen MR) is 87.2 cm³/mol. The van der Waals surface area contributed by atoms with E-state index >= 15 is 0 Å². The van der Waals surface area contributed by atoms with Crippen molar-refractivity contribution in [2.75, 3.05) is 0 Å². The zero-order valence-electron chi connectivity index (χ0n) is 11.5. The van der Waals surface area contributed by atoms with E-state index in [0.29, 0.717) is 10.7 Å². The molecule has 0 aromatic heterocycles. The molecule has 0 aliphatic heterocycles. The minimum absolute atomic E-state index is 0.160. The highest BCUT2D eigenvalue weighted by molar-refractivity contribution is 9.11. The van der Waals surface area contributed by atoms with Crippen LogP contribution in [0.15, 0.2) is 34.9 Å². The lowest BCUT2D eigenvalue weighted by Gasteiger charge is -2.56. The van der Waals surface area contributed by atoms with Crippen molar-refractivity contribution < 1.29 is 0 Å². The third-order valence-corrected chi connectivity index (χ3v) is 7.70. The van der Waals surface area contributed by atoms with Crippen molar-refractivity contribution in [3.8, 4) is 0 Å². The lowest BCUT2D eigenvalue weighted by atomic mass is 9.51. The van der Waals surface area contributed by atoms with E-state index in [4.69, 9.17) is 0 Å². The summed E-state index contributed by atoms with van der Waals surface area (Å²) in [5.74, 6) is 0.666. The topological polar surface area (TPSA) is 0 Å². The Balaban J connectivity index is 2.45. The summed E-state index contributed by atoms with van der Waals surface area (Å²) in [6.45, 7) is 11.5. The van der Waals surface area contributed by atoms with E-state index in [1.807, 2.05) is 4.99 Å². The zero-order valence-corrected chi connectivity index (χ0v) is 14.6. The molecule has 1 fully saturated rings. The SMILES string of the molecule is C=C1C[C@@H](C)[C@@H](Br)C(C)(C)[C@@]12C=CC(=CBr)CC2. The van der Waals surface area contributed by atoms with Crippen molar-refractivity contribution in [2.45, 2.75) is 44.9 Å². The Hall–Kier alpha value is 0.180. The fourth-order valence-corrected chi connectivity index (χ4v) is 4.74. The van der Waals surface area contributed by atoms with Gasteiger partial charge in [0, 0.05) is 10.2 Å². The first-order valence-corrected chi connectivity index (χ1v) is 8.49. The lowest BCUT2D eigenvalue weighted by molar-refractivity contribution is 0.0901. The Bertz CT molecular complexity index is 417. The molecule has 0 nitrogen and oxygen atoms in total. The van der Waals surface area contributed by atoms with E-state index in [2.05, 4.69) is 71.4 Å². The first-order valence-electron chi connectivity index (χ1n) is 6.66. The summed E-state index contributed by atoms with van der Waals surface area (Å²) < 4.78 is 0. The smallest absolute Gasteiger partial charge is 0.0237 e. The molecule has 3 atom stereocenters. The van der Waals surface area contributed by atoms with Gasteiger partial charge in [0.2, 0.25) is 0 Å². The van der Waals surface area contributed by atoms with Crippen LogP contribution in [0, 0.1) is 16.7 Å². The van der Waals surface area contributed by atoms with Crippen molar-refractivity contribution in [1.29, 1.82) is 0 Å². The van der Waals surface area contributed by atoms with E-state index in [9.17, 15) is 0 Å². The van der Waals surface area contributed by atoms with Gasteiger partial charge < -0.3 is 0 Å². The number of hydrogen-bond donors (Lipinski definition) is 0. The van der Waals surface area contributed by atoms with Gasteiger partial charge in [-0.2, -0.15) is 0 Å². The molecular weight excluding hydrogens is 352 g/mol. The number of rotatable bonds is 0. The normalized spacial score (nSPS) is 41.6. The molecule has 1 spiro atoms. The molecule has 2 heteroatoms. The van der Waals surface area contributed by atoms with E-state index in [-0.39, 0.29) is 10.8 Å². The minimum atomic E-state index is 0.160. The van der Waals surface area contributed by atoms with Crippen molar-refractivity contribution in [1.82, 2.24) is 0 Å². The molecule has 0 aromatic carbocycles. The third kappa shape index (κ3) is 2.00. The molecule has 18 heavy (non-hydrogen) atoms. The van der Waals surface area contributed by atoms with Crippen LogP contribution in [-0.2, 0) is 0 Å². The highest BCUT2D eigenvalue weighted by atomic mass is 79.9. The second kappa shape index (κ2) is 4.94. The molecule has 2 rings (SSSR count). The van der Waals surface area contributed by atoms with Crippen molar-refractivity contribution >= 4 is 31.9 Å². The Morgan fingerprint density at radius 2 is 2.11 bits per heavy atom. The Morgan fingerprint density at radius 3 is 2.61 bits per heavy atom. The third-order valence-electron chi connectivity index (χ3n) is 5.07. The molecule has 0 radical (unpaired) electrons. The molecular formula is C16H22Br2. The van der Waals surface area contributed by atoms with Crippen LogP contribution >= 0.6 is 31.9 Å². The zero-order chi connectivity index (χ0) is 13.6. The van der Waals surface area contributed by atoms with Crippen LogP contribution in [0.5, 0.6) is 0 Å². The Labute approximate surface area is 128 Å². The van der Waals surface area contributed by atoms with Gasteiger partial charge in [0.15, 0.2) is 0 Å². The van der Waals surface area contributed by atoms with Crippen LogP contribution in [-0.4, -0.2) is 4.83 Å². The van der Waals surface area contributed by atoms with Gasteiger partial charge in [-0.15, -0.1) is 0 Å². The van der Waals surface area contributed by atoms with Crippen LogP contribution in [0.3, 0.4) is 0 Å². The van der Waals surface area contributed by atoms with Crippen molar-refractivity contribution in [3.63, 3.8) is 0 Å². The largest absolute Gasteiger partial charge is 0.0990 e. The standard InChI is InChI=1S/C16H22Br2/c1-11-9-12(2)16(15(3,4)14(11)18)7-5-13(10-17)6-8-16/h5,7,10-11,14H,2,6,8-9H2,1,3-4H3/t11-,14-,16-/m1/s1. The average Bonchev–Trinajstić information content (AvgIpc) is 2.35. The highest BCUT2D eigenvalue weighted by Gasteiger charge is 2.53. The molecule has 0 N–H and O–H groups in total. The first kappa shape index (κ1) is 14.6. The number of hydrogen-bond acceptors (Lipinski definition) is 0. The summed E-state index contributed by atoms with van der Waals surface area (Å²) in [4.78, 5) is 2.60. The van der Waals surface area contributed by atoms with Crippen molar-refractivity contribution in [3.05, 3.63) is 34.9 Å². The Kier molecular flexibility index (Phi) is 4.00. The Morgan fingerprint density at radius 1 is 1.44 bits per heavy atom. The molecule has 0 aromatic rings. The number of allylic oxidation sites excluding steroid dienone is 4. The predicted octanol–water partition coefficient (Wildman–Crippen LogP) is 5.99. The monoisotopic (exact) mass is 372 g/mol. The molecule has 0 heterocycles.